The van der Waals surface area contributed by atoms with Gasteiger partial charge in [0.05, 0.1) is 0 Å². The van der Waals surface area contributed by atoms with Crippen LogP contribution in [0.5, 0.6) is 0 Å². The van der Waals surface area contributed by atoms with Crippen molar-refractivity contribution in [2.24, 2.45) is 0 Å². The first-order valence-electron chi connectivity index (χ1n) is 4.49. The van der Waals surface area contributed by atoms with Gasteiger partial charge in [-0.05, 0) is 23.9 Å². The molecule has 1 aromatic carbocycles. The first-order valence-corrected chi connectivity index (χ1v) is 5.31. The van der Waals surface area contributed by atoms with E-state index in [1.165, 1.54) is 11.3 Å². The number of hydrogen-bond acceptors (Lipinski definition) is 3. The molecule has 1 atom stereocenters. The standard InChI is InChI=1S/C11H10O3S/c1-6-3-2-4-7-5-8(15-10(6)7)9(12)11(13)14/h2-5,9,12H,1H3,(H,13,14). The Bertz CT molecular complexity index is 516. The largest absolute Gasteiger partial charge is 0.479 e. The molecule has 1 unspecified atom stereocenters. The van der Waals surface area contributed by atoms with Crippen LogP contribution in [0, 0.1) is 6.92 Å². The van der Waals surface area contributed by atoms with E-state index < -0.39 is 12.1 Å². The van der Waals surface area contributed by atoms with Gasteiger partial charge < -0.3 is 10.2 Å². The number of aryl methyl sites for hydroxylation is 1. The lowest BCUT2D eigenvalue weighted by molar-refractivity contribution is -0.146. The van der Waals surface area contributed by atoms with Gasteiger partial charge in [0.15, 0.2) is 6.10 Å². The van der Waals surface area contributed by atoms with Crippen LogP contribution in [-0.4, -0.2) is 16.2 Å². The van der Waals surface area contributed by atoms with Crippen molar-refractivity contribution in [3.05, 3.63) is 34.7 Å². The molecule has 0 saturated carbocycles. The lowest BCUT2D eigenvalue weighted by Crippen LogP contribution is -2.08. The van der Waals surface area contributed by atoms with E-state index in [1.54, 1.807) is 6.07 Å². The van der Waals surface area contributed by atoms with Crippen molar-refractivity contribution in [1.29, 1.82) is 0 Å². The molecule has 0 aliphatic heterocycles. The minimum absolute atomic E-state index is 0.479. The van der Waals surface area contributed by atoms with Gasteiger partial charge in [0, 0.05) is 9.58 Å². The van der Waals surface area contributed by atoms with Gasteiger partial charge in [-0.1, -0.05) is 18.2 Å². The number of carboxylic acids is 1. The second kappa shape index (κ2) is 3.64. The average molecular weight is 222 g/mol. The van der Waals surface area contributed by atoms with Crippen LogP contribution in [0.2, 0.25) is 0 Å². The van der Waals surface area contributed by atoms with Gasteiger partial charge in [-0.2, -0.15) is 0 Å². The number of rotatable bonds is 2. The van der Waals surface area contributed by atoms with Gasteiger partial charge >= 0.3 is 5.97 Å². The van der Waals surface area contributed by atoms with Crippen molar-refractivity contribution in [3.8, 4) is 0 Å². The van der Waals surface area contributed by atoms with Crippen LogP contribution in [0.25, 0.3) is 10.1 Å². The minimum atomic E-state index is -1.42. The van der Waals surface area contributed by atoms with Crippen LogP contribution in [0.15, 0.2) is 24.3 Å². The molecule has 1 aromatic heterocycles. The number of aliphatic hydroxyl groups excluding tert-OH is 1. The van der Waals surface area contributed by atoms with Crippen LogP contribution < -0.4 is 0 Å². The summed E-state index contributed by atoms with van der Waals surface area (Å²) in [5.74, 6) is -1.21. The van der Waals surface area contributed by atoms with E-state index in [9.17, 15) is 9.90 Å². The molecule has 0 aliphatic rings. The smallest absolute Gasteiger partial charge is 0.338 e. The minimum Gasteiger partial charge on any atom is -0.479 e. The highest BCUT2D eigenvalue weighted by Gasteiger charge is 2.18. The van der Waals surface area contributed by atoms with Gasteiger partial charge in [-0.15, -0.1) is 11.3 Å². The molecule has 15 heavy (non-hydrogen) atoms. The maximum Gasteiger partial charge on any atom is 0.338 e. The summed E-state index contributed by atoms with van der Waals surface area (Å²) in [7, 11) is 0. The Morgan fingerprint density at radius 3 is 2.80 bits per heavy atom. The Kier molecular flexibility index (Phi) is 2.46. The van der Waals surface area contributed by atoms with Crippen LogP contribution in [0.4, 0.5) is 0 Å². The summed E-state index contributed by atoms with van der Waals surface area (Å²) < 4.78 is 1.04. The molecule has 4 heteroatoms. The molecule has 0 bridgehead atoms. The second-order valence-corrected chi connectivity index (χ2v) is 4.47. The van der Waals surface area contributed by atoms with Crippen molar-refractivity contribution in [1.82, 2.24) is 0 Å². The molecule has 78 valence electrons. The van der Waals surface area contributed by atoms with Gasteiger partial charge in [-0.3, -0.25) is 0 Å². The topological polar surface area (TPSA) is 57.5 Å². The fourth-order valence-corrected chi connectivity index (χ4v) is 2.59. The Labute approximate surface area is 90.6 Å². The number of aliphatic hydroxyl groups is 1. The third-order valence-electron chi connectivity index (χ3n) is 2.26. The quantitative estimate of drug-likeness (QED) is 0.819. The molecule has 2 N–H and O–H groups in total. The molecule has 0 aliphatic carbocycles. The molecule has 0 fully saturated rings. The number of fused-ring (bicyclic) bond motifs is 1. The zero-order valence-electron chi connectivity index (χ0n) is 8.10. The van der Waals surface area contributed by atoms with E-state index in [0.29, 0.717) is 4.88 Å². The number of hydrogen-bond donors (Lipinski definition) is 2. The fourth-order valence-electron chi connectivity index (χ4n) is 1.49. The molecule has 0 saturated heterocycles. The van der Waals surface area contributed by atoms with E-state index in [2.05, 4.69) is 0 Å². The fraction of sp³-hybridized carbons (Fsp3) is 0.182. The normalized spacial score (nSPS) is 12.9. The van der Waals surface area contributed by atoms with Gasteiger partial charge in [0.1, 0.15) is 0 Å². The second-order valence-electron chi connectivity index (χ2n) is 3.38. The summed E-state index contributed by atoms with van der Waals surface area (Å²) in [6, 6.07) is 7.53. The highest BCUT2D eigenvalue weighted by molar-refractivity contribution is 7.19. The third kappa shape index (κ3) is 1.73. The molecule has 0 amide bonds. The van der Waals surface area contributed by atoms with Gasteiger partial charge in [-0.25, -0.2) is 4.79 Å². The number of benzene rings is 1. The van der Waals surface area contributed by atoms with E-state index in [0.717, 1.165) is 15.6 Å². The predicted octanol–water partition coefficient (Wildman–Crippen LogP) is 2.33. The van der Waals surface area contributed by atoms with Crippen molar-refractivity contribution in [3.63, 3.8) is 0 Å². The SMILES string of the molecule is Cc1cccc2cc(C(O)C(=O)O)sc12. The zero-order chi connectivity index (χ0) is 11.0. The van der Waals surface area contributed by atoms with E-state index in [-0.39, 0.29) is 0 Å². The summed E-state index contributed by atoms with van der Waals surface area (Å²) >= 11 is 1.33. The zero-order valence-corrected chi connectivity index (χ0v) is 8.91. The Balaban J connectivity index is 2.56. The average Bonchev–Trinajstić information content (AvgIpc) is 2.61. The summed E-state index contributed by atoms with van der Waals surface area (Å²) in [5, 5.41) is 19.1. The molecule has 2 rings (SSSR count). The summed E-state index contributed by atoms with van der Waals surface area (Å²) in [6.07, 6.45) is -1.42. The molecule has 0 radical (unpaired) electrons. The van der Waals surface area contributed by atoms with E-state index >= 15 is 0 Å². The molecule has 2 aromatic rings. The van der Waals surface area contributed by atoms with Crippen LogP contribution in [0.1, 0.15) is 16.5 Å². The molecule has 1 heterocycles. The molecule has 0 spiro atoms. The third-order valence-corrected chi connectivity index (χ3v) is 3.60. The molecule has 3 nitrogen and oxygen atoms in total. The highest BCUT2D eigenvalue weighted by atomic mass is 32.1. The van der Waals surface area contributed by atoms with Crippen LogP contribution in [-0.2, 0) is 4.79 Å². The van der Waals surface area contributed by atoms with Crippen LogP contribution >= 0.6 is 11.3 Å². The predicted molar refractivity (Wildman–Crippen MR) is 59.2 cm³/mol. The summed E-state index contributed by atoms with van der Waals surface area (Å²) in [6.45, 7) is 1.97. The maximum absolute atomic E-state index is 10.6. The molecular formula is C11H10O3S. The number of aliphatic carboxylic acids is 1. The van der Waals surface area contributed by atoms with Gasteiger partial charge in [0.25, 0.3) is 0 Å². The van der Waals surface area contributed by atoms with E-state index in [1.807, 2.05) is 25.1 Å². The van der Waals surface area contributed by atoms with Crippen LogP contribution in [0.3, 0.4) is 0 Å². The number of carboxylic acid groups (broad SMARTS) is 1. The van der Waals surface area contributed by atoms with Crippen molar-refractivity contribution in [2.75, 3.05) is 0 Å². The lowest BCUT2D eigenvalue weighted by atomic mass is 10.2. The first-order chi connectivity index (χ1) is 7.09. The van der Waals surface area contributed by atoms with Crippen molar-refractivity contribution >= 4 is 27.4 Å². The summed E-state index contributed by atoms with van der Waals surface area (Å²) in [5.41, 5.74) is 1.10. The Morgan fingerprint density at radius 1 is 1.47 bits per heavy atom. The van der Waals surface area contributed by atoms with E-state index in [4.69, 9.17) is 5.11 Å². The molecular weight excluding hydrogens is 212 g/mol. The number of thiophene rings is 1. The Hall–Kier alpha value is -1.39. The Morgan fingerprint density at radius 2 is 2.20 bits per heavy atom. The number of carbonyl (C=O) groups is 1. The summed E-state index contributed by atoms with van der Waals surface area (Å²) in [4.78, 5) is 11.1. The maximum atomic E-state index is 10.6. The highest BCUT2D eigenvalue weighted by Crippen LogP contribution is 2.32. The monoisotopic (exact) mass is 222 g/mol. The van der Waals surface area contributed by atoms with Crippen molar-refractivity contribution < 1.29 is 15.0 Å². The lowest BCUT2D eigenvalue weighted by Gasteiger charge is -1.99. The van der Waals surface area contributed by atoms with Crippen molar-refractivity contribution in [2.45, 2.75) is 13.0 Å². The van der Waals surface area contributed by atoms with Gasteiger partial charge in [0.2, 0.25) is 0 Å². The first kappa shape index (κ1) is 10.1.